The van der Waals surface area contributed by atoms with Gasteiger partial charge in [-0.2, -0.15) is 0 Å². The average Bonchev–Trinajstić information content (AvgIpc) is 2.27. The zero-order valence-corrected chi connectivity index (χ0v) is 10.2. The summed E-state index contributed by atoms with van der Waals surface area (Å²) < 4.78 is 0. The van der Waals surface area contributed by atoms with E-state index in [1.54, 1.807) is 0 Å². The summed E-state index contributed by atoms with van der Waals surface area (Å²) in [6.45, 7) is 12.9. The van der Waals surface area contributed by atoms with E-state index in [1.165, 1.54) is 32.5 Å². The second-order valence-electron chi connectivity index (χ2n) is 4.68. The lowest BCUT2D eigenvalue weighted by Gasteiger charge is -2.39. The van der Waals surface area contributed by atoms with Gasteiger partial charge >= 0.3 is 0 Å². The minimum absolute atomic E-state index is 0.718. The molecule has 0 aromatic heterocycles. The van der Waals surface area contributed by atoms with Crippen molar-refractivity contribution in [3.8, 4) is 0 Å². The second kappa shape index (κ2) is 5.72. The Hall–Kier alpha value is -0.0800. The van der Waals surface area contributed by atoms with Gasteiger partial charge in [0.15, 0.2) is 0 Å². The van der Waals surface area contributed by atoms with Gasteiger partial charge in [0.2, 0.25) is 0 Å². The molecule has 1 rings (SSSR count). The lowest BCUT2D eigenvalue weighted by molar-refractivity contribution is 0.116. The molecule has 2 heteroatoms. The predicted molar refractivity (Wildman–Crippen MR) is 62.6 cm³/mol. The molecule has 1 N–H and O–H groups in total. The van der Waals surface area contributed by atoms with Gasteiger partial charge < -0.3 is 5.32 Å². The van der Waals surface area contributed by atoms with Gasteiger partial charge in [-0.05, 0) is 19.3 Å². The normalized spacial score (nSPS) is 28.7. The van der Waals surface area contributed by atoms with Crippen LogP contribution in [0.1, 0.15) is 40.5 Å². The molecule has 1 aliphatic heterocycles. The second-order valence-corrected chi connectivity index (χ2v) is 4.68. The van der Waals surface area contributed by atoms with Crippen molar-refractivity contribution in [2.75, 3.05) is 19.6 Å². The topological polar surface area (TPSA) is 15.3 Å². The third-order valence-electron chi connectivity index (χ3n) is 3.82. The molecule has 0 aromatic carbocycles. The van der Waals surface area contributed by atoms with E-state index in [2.05, 4.69) is 37.9 Å². The van der Waals surface area contributed by atoms with Crippen molar-refractivity contribution in [2.45, 2.75) is 52.6 Å². The SMILES string of the molecule is CCC1CN(C(C)C(C)CC)CCN1. The van der Waals surface area contributed by atoms with E-state index in [1.807, 2.05) is 0 Å². The maximum Gasteiger partial charge on any atom is 0.0193 e. The lowest BCUT2D eigenvalue weighted by Crippen LogP contribution is -2.54. The van der Waals surface area contributed by atoms with Crippen LogP contribution in [0.3, 0.4) is 0 Å². The first-order valence-electron chi connectivity index (χ1n) is 6.16. The van der Waals surface area contributed by atoms with Crippen molar-refractivity contribution < 1.29 is 0 Å². The molecule has 0 aliphatic carbocycles. The van der Waals surface area contributed by atoms with E-state index in [-0.39, 0.29) is 0 Å². The number of nitrogens with zero attached hydrogens (tertiary/aromatic N) is 1. The number of piperazine rings is 1. The Kier molecular flexibility index (Phi) is 4.90. The van der Waals surface area contributed by atoms with Gasteiger partial charge in [0.05, 0.1) is 0 Å². The summed E-state index contributed by atoms with van der Waals surface area (Å²) in [5.74, 6) is 0.825. The number of nitrogens with one attached hydrogen (secondary N) is 1. The first-order chi connectivity index (χ1) is 6.69. The van der Waals surface area contributed by atoms with E-state index in [0.717, 1.165) is 18.0 Å². The van der Waals surface area contributed by atoms with Crippen molar-refractivity contribution in [3.05, 3.63) is 0 Å². The highest BCUT2D eigenvalue weighted by atomic mass is 15.2. The first-order valence-corrected chi connectivity index (χ1v) is 6.16. The van der Waals surface area contributed by atoms with E-state index >= 15 is 0 Å². The van der Waals surface area contributed by atoms with E-state index in [9.17, 15) is 0 Å². The average molecular weight is 198 g/mol. The zero-order valence-electron chi connectivity index (χ0n) is 10.2. The van der Waals surface area contributed by atoms with Crippen molar-refractivity contribution in [1.29, 1.82) is 0 Å². The minimum Gasteiger partial charge on any atom is -0.311 e. The van der Waals surface area contributed by atoms with Crippen LogP contribution in [0, 0.1) is 5.92 Å². The summed E-state index contributed by atoms with van der Waals surface area (Å²) in [7, 11) is 0. The Labute approximate surface area is 89.1 Å². The van der Waals surface area contributed by atoms with Crippen LogP contribution >= 0.6 is 0 Å². The Bertz CT molecular complexity index is 156. The molecule has 0 aromatic rings. The van der Waals surface area contributed by atoms with Crippen LogP contribution < -0.4 is 5.32 Å². The van der Waals surface area contributed by atoms with Gasteiger partial charge in [-0.3, -0.25) is 4.90 Å². The highest BCUT2D eigenvalue weighted by molar-refractivity contribution is 4.82. The van der Waals surface area contributed by atoms with Crippen LogP contribution in [0.2, 0.25) is 0 Å². The smallest absolute Gasteiger partial charge is 0.0193 e. The minimum atomic E-state index is 0.718. The van der Waals surface area contributed by atoms with E-state index in [0.29, 0.717) is 0 Å². The Morgan fingerprint density at radius 1 is 1.36 bits per heavy atom. The van der Waals surface area contributed by atoms with Crippen LogP contribution in [0.4, 0.5) is 0 Å². The molecule has 14 heavy (non-hydrogen) atoms. The van der Waals surface area contributed by atoms with Gasteiger partial charge in [-0.1, -0.05) is 27.2 Å². The van der Waals surface area contributed by atoms with Gasteiger partial charge in [0.1, 0.15) is 0 Å². The number of rotatable bonds is 4. The molecule has 2 nitrogen and oxygen atoms in total. The molecule has 0 spiro atoms. The maximum atomic E-state index is 3.57. The maximum absolute atomic E-state index is 3.57. The Morgan fingerprint density at radius 2 is 2.07 bits per heavy atom. The summed E-state index contributed by atoms with van der Waals surface area (Å²) in [6.07, 6.45) is 2.55. The van der Waals surface area contributed by atoms with Crippen LogP contribution in [-0.4, -0.2) is 36.6 Å². The summed E-state index contributed by atoms with van der Waals surface area (Å²) in [5, 5.41) is 3.57. The van der Waals surface area contributed by atoms with Crippen LogP contribution in [-0.2, 0) is 0 Å². The predicted octanol–water partition coefficient (Wildman–Crippen LogP) is 2.10. The van der Waals surface area contributed by atoms with Gasteiger partial charge in [-0.15, -0.1) is 0 Å². The largest absolute Gasteiger partial charge is 0.311 e. The molecule has 1 aliphatic rings. The first kappa shape index (κ1) is 12.0. The van der Waals surface area contributed by atoms with E-state index < -0.39 is 0 Å². The molecule has 1 fully saturated rings. The van der Waals surface area contributed by atoms with Crippen LogP contribution in [0.5, 0.6) is 0 Å². The fourth-order valence-corrected chi connectivity index (χ4v) is 2.20. The summed E-state index contributed by atoms with van der Waals surface area (Å²) in [4.78, 5) is 2.65. The van der Waals surface area contributed by atoms with Crippen LogP contribution in [0.25, 0.3) is 0 Å². The number of hydrogen-bond donors (Lipinski definition) is 1. The molecule has 1 heterocycles. The third kappa shape index (κ3) is 2.96. The molecule has 0 saturated carbocycles. The molecular formula is C12H26N2. The molecule has 3 atom stereocenters. The molecule has 1 saturated heterocycles. The van der Waals surface area contributed by atoms with Gasteiger partial charge in [0.25, 0.3) is 0 Å². The van der Waals surface area contributed by atoms with Crippen molar-refractivity contribution in [2.24, 2.45) is 5.92 Å². The standard InChI is InChI=1S/C12H26N2/c1-5-10(3)11(4)14-8-7-13-12(6-2)9-14/h10-13H,5-9H2,1-4H3. The van der Waals surface area contributed by atoms with E-state index in [4.69, 9.17) is 0 Å². The quantitative estimate of drug-likeness (QED) is 0.744. The highest BCUT2D eigenvalue weighted by Crippen LogP contribution is 2.16. The van der Waals surface area contributed by atoms with Gasteiger partial charge in [-0.25, -0.2) is 0 Å². The highest BCUT2D eigenvalue weighted by Gasteiger charge is 2.24. The zero-order chi connectivity index (χ0) is 10.6. The number of hydrogen-bond acceptors (Lipinski definition) is 2. The van der Waals surface area contributed by atoms with Crippen molar-refractivity contribution >= 4 is 0 Å². The monoisotopic (exact) mass is 198 g/mol. The Morgan fingerprint density at radius 3 is 2.64 bits per heavy atom. The van der Waals surface area contributed by atoms with Crippen molar-refractivity contribution in [3.63, 3.8) is 0 Å². The Balaban J connectivity index is 2.42. The van der Waals surface area contributed by atoms with Crippen LogP contribution in [0.15, 0.2) is 0 Å². The molecule has 0 bridgehead atoms. The molecule has 84 valence electrons. The molecular weight excluding hydrogens is 172 g/mol. The molecule has 3 unspecified atom stereocenters. The molecule has 0 radical (unpaired) electrons. The fraction of sp³-hybridized carbons (Fsp3) is 1.00. The summed E-state index contributed by atoms with van der Waals surface area (Å²) in [5.41, 5.74) is 0. The summed E-state index contributed by atoms with van der Waals surface area (Å²) >= 11 is 0. The summed E-state index contributed by atoms with van der Waals surface area (Å²) in [6, 6.07) is 1.46. The van der Waals surface area contributed by atoms with Gasteiger partial charge in [0, 0.05) is 31.7 Å². The van der Waals surface area contributed by atoms with Crippen molar-refractivity contribution in [1.82, 2.24) is 10.2 Å². The molecule has 0 amide bonds. The third-order valence-corrected chi connectivity index (χ3v) is 3.82. The fourth-order valence-electron chi connectivity index (χ4n) is 2.20. The lowest BCUT2D eigenvalue weighted by atomic mass is 9.97.